The van der Waals surface area contributed by atoms with Gasteiger partial charge in [-0.15, -0.1) is 27.7 Å². The molecule has 0 atom stereocenters. The van der Waals surface area contributed by atoms with E-state index in [1.165, 1.54) is 20.2 Å². The number of para-hydroxylation sites is 1. The normalized spacial score (nSPS) is 11.6. The van der Waals surface area contributed by atoms with Crippen LogP contribution in [0.25, 0.3) is 98.5 Å². The SMILES string of the molecule is [B]c1c([B])c([B])c(-c2ccc(-c3nc(-c4ccccc4)nc(-c4ccc5c(c4)oc4c(-c6cccc7c6sc6ccccc67)cccc45)n3)cc2)c([B])c1[B]. The van der Waals surface area contributed by atoms with Gasteiger partial charge in [-0.2, -0.15) is 0 Å². The molecule has 10 aromatic rings. The third-order valence-electron chi connectivity index (χ3n) is 10.3. The van der Waals surface area contributed by atoms with Gasteiger partial charge in [0.2, 0.25) is 0 Å². The molecule has 0 aliphatic rings. The second-order valence-electron chi connectivity index (χ2n) is 13.5. The van der Waals surface area contributed by atoms with Gasteiger partial charge in [-0.05, 0) is 29.3 Å². The summed E-state index contributed by atoms with van der Waals surface area (Å²) in [6.45, 7) is 0. The van der Waals surface area contributed by atoms with E-state index in [2.05, 4.69) is 66.7 Å². The Bertz CT molecular complexity index is 3130. The lowest BCUT2D eigenvalue weighted by molar-refractivity contribution is 0.670. The largest absolute Gasteiger partial charge is 0.455 e. The molecule has 10 heteroatoms. The van der Waals surface area contributed by atoms with Crippen molar-refractivity contribution >= 4 is 120 Å². The van der Waals surface area contributed by atoms with E-state index >= 15 is 0 Å². The van der Waals surface area contributed by atoms with Crippen molar-refractivity contribution < 1.29 is 4.42 Å². The molecule has 10 rings (SSSR count). The zero-order chi connectivity index (χ0) is 37.4. The molecule has 244 valence electrons. The van der Waals surface area contributed by atoms with Crippen LogP contribution in [0, 0.1) is 0 Å². The zero-order valence-electron chi connectivity index (χ0n) is 29.2. The zero-order valence-corrected chi connectivity index (χ0v) is 30.1. The van der Waals surface area contributed by atoms with E-state index in [1.807, 2.05) is 78.1 Å². The Morgan fingerprint density at radius 3 is 1.69 bits per heavy atom. The minimum absolute atomic E-state index is 0.174. The Morgan fingerprint density at radius 1 is 0.418 bits per heavy atom. The molecular formula is C45H22B5N3OS. The fourth-order valence-electron chi connectivity index (χ4n) is 7.41. The third kappa shape index (κ3) is 5.46. The average Bonchev–Trinajstić information content (AvgIpc) is 3.81. The van der Waals surface area contributed by atoms with Crippen LogP contribution in [0.3, 0.4) is 0 Å². The topological polar surface area (TPSA) is 51.8 Å². The molecule has 0 fully saturated rings. The predicted octanol–water partition coefficient (Wildman–Crippen LogP) is 6.44. The van der Waals surface area contributed by atoms with Gasteiger partial charge >= 0.3 is 0 Å². The molecule has 4 nitrogen and oxygen atoms in total. The Labute approximate surface area is 327 Å². The first-order valence-corrected chi connectivity index (χ1v) is 18.5. The smallest absolute Gasteiger partial charge is 0.164 e. The molecule has 7 aromatic carbocycles. The number of aromatic nitrogens is 3. The lowest BCUT2D eigenvalue weighted by Crippen LogP contribution is -2.55. The molecule has 10 radical (unpaired) electrons. The van der Waals surface area contributed by atoms with Crippen molar-refractivity contribution in [2.75, 3.05) is 0 Å². The molecule has 0 saturated carbocycles. The molecule has 0 aliphatic carbocycles. The quantitative estimate of drug-likeness (QED) is 0.194. The summed E-state index contributed by atoms with van der Waals surface area (Å²) in [7, 11) is 31.1. The summed E-state index contributed by atoms with van der Waals surface area (Å²) < 4.78 is 9.24. The van der Waals surface area contributed by atoms with E-state index in [1.54, 1.807) is 0 Å². The molecule has 0 N–H and O–H groups in total. The molecule has 0 saturated heterocycles. The minimum atomic E-state index is 0.174. The maximum absolute atomic E-state index is 6.74. The van der Waals surface area contributed by atoms with Gasteiger partial charge in [-0.3, -0.25) is 0 Å². The van der Waals surface area contributed by atoms with Gasteiger partial charge in [0.1, 0.15) is 50.4 Å². The van der Waals surface area contributed by atoms with Crippen molar-refractivity contribution in [2.45, 2.75) is 0 Å². The predicted molar refractivity (Wildman–Crippen MR) is 234 cm³/mol. The number of benzene rings is 7. The molecule has 3 heterocycles. The van der Waals surface area contributed by atoms with Gasteiger partial charge in [0.15, 0.2) is 17.5 Å². The van der Waals surface area contributed by atoms with Gasteiger partial charge in [0.05, 0.1) is 0 Å². The molecule has 0 bridgehead atoms. The molecule has 55 heavy (non-hydrogen) atoms. The average molecular weight is 707 g/mol. The Balaban J connectivity index is 1.09. The highest BCUT2D eigenvalue weighted by molar-refractivity contribution is 7.26. The van der Waals surface area contributed by atoms with Crippen molar-refractivity contribution in [3.05, 3.63) is 133 Å². The van der Waals surface area contributed by atoms with Crippen LogP contribution in [0.4, 0.5) is 0 Å². The number of thiophene rings is 1. The molecule has 0 unspecified atom stereocenters. The van der Waals surface area contributed by atoms with Crippen LogP contribution in [0.1, 0.15) is 0 Å². The Hall–Kier alpha value is -6.11. The van der Waals surface area contributed by atoms with Gasteiger partial charge in [0.25, 0.3) is 0 Å². The summed E-state index contributed by atoms with van der Waals surface area (Å²) in [6, 6.07) is 45.0. The lowest BCUT2D eigenvalue weighted by Gasteiger charge is -2.21. The van der Waals surface area contributed by atoms with E-state index in [0.717, 1.165) is 55.3 Å². The summed E-state index contributed by atoms with van der Waals surface area (Å²) in [5.74, 6) is 1.55. The lowest BCUT2D eigenvalue weighted by atomic mass is 9.59. The van der Waals surface area contributed by atoms with Crippen molar-refractivity contribution in [3.63, 3.8) is 0 Å². The highest BCUT2D eigenvalue weighted by Gasteiger charge is 2.19. The fraction of sp³-hybridized carbons (Fsp3) is 0. The highest BCUT2D eigenvalue weighted by atomic mass is 32.1. The number of furan rings is 1. The van der Waals surface area contributed by atoms with Gasteiger partial charge in [-0.25, -0.2) is 15.0 Å². The monoisotopic (exact) mass is 707 g/mol. The maximum atomic E-state index is 6.74. The fourth-order valence-corrected chi connectivity index (χ4v) is 8.64. The van der Waals surface area contributed by atoms with Crippen molar-refractivity contribution in [1.82, 2.24) is 15.0 Å². The summed E-state index contributed by atoms with van der Waals surface area (Å²) in [6.07, 6.45) is 0. The minimum Gasteiger partial charge on any atom is -0.455 e. The first-order valence-electron chi connectivity index (χ1n) is 17.6. The summed E-state index contributed by atoms with van der Waals surface area (Å²) in [4.78, 5) is 14.9. The standard InChI is InChI=1S/C45H22B5N3OS/c46-36-35(37(47)39(49)40(50)38(36)48)23-16-18-25(19-17-23)44-51-43(24-8-2-1-3-9-24)52-45(53-44)26-20-21-27-29-11-6-12-30(41(29)54-33(27)22-26)32-14-7-13-31-28-10-4-5-15-34(28)55-42(31)32/h1-22H. The van der Waals surface area contributed by atoms with Gasteiger partial charge in [0, 0.05) is 58.8 Å². The van der Waals surface area contributed by atoms with Gasteiger partial charge in [-0.1, -0.05) is 126 Å². The summed E-state index contributed by atoms with van der Waals surface area (Å²) in [5.41, 5.74) is 8.59. The van der Waals surface area contributed by atoms with E-state index in [-0.39, 0.29) is 27.3 Å². The van der Waals surface area contributed by atoms with Crippen molar-refractivity contribution in [1.29, 1.82) is 0 Å². The van der Waals surface area contributed by atoms with Crippen LogP contribution in [0.5, 0.6) is 0 Å². The highest BCUT2D eigenvalue weighted by Crippen LogP contribution is 2.43. The van der Waals surface area contributed by atoms with Crippen LogP contribution >= 0.6 is 11.3 Å². The number of fused-ring (bicyclic) bond motifs is 6. The third-order valence-corrected chi connectivity index (χ3v) is 11.5. The molecule has 3 aromatic heterocycles. The number of nitrogens with zero attached hydrogens (tertiary/aromatic N) is 3. The molecule has 0 amide bonds. The van der Waals surface area contributed by atoms with Crippen LogP contribution in [-0.4, -0.2) is 54.2 Å². The summed E-state index contributed by atoms with van der Waals surface area (Å²) in [5, 5.41) is 4.57. The Morgan fingerprint density at radius 2 is 0.964 bits per heavy atom. The first-order chi connectivity index (χ1) is 26.8. The summed E-state index contributed by atoms with van der Waals surface area (Å²) >= 11 is 1.81. The molecular weight excluding hydrogens is 685 g/mol. The van der Waals surface area contributed by atoms with Crippen LogP contribution in [0.2, 0.25) is 0 Å². The van der Waals surface area contributed by atoms with E-state index < -0.39 is 0 Å². The first kappa shape index (κ1) is 33.5. The van der Waals surface area contributed by atoms with Crippen molar-refractivity contribution in [2.24, 2.45) is 0 Å². The van der Waals surface area contributed by atoms with Crippen LogP contribution < -0.4 is 27.3 Å². The number of rotatable bonds is 5. The van der Waals surface area contributed by atoms with E-state index in [9.17, 15) is 0 Å². The number of hydrogen-bond donors (Lipinski definition) is 0. The van der Waals surface area contributed by atoms with E-state index in [0.29, 0.717) is 23.0 Å². The molecule has 0 aliphatic heterocycles. The second-order valence-corrected chi connectivity index (χ2v) is 14.5. The van der Waals surface area contributed by atoms with E-state index in [4.69, 9.17) is 58.6 Å². The number of hydrogen-bond acceptors (Lipinski definition) is 5. The Kier molecular flexibility index (Phi) is 7.93. The van der Waals surface area contributed by atoms with Crippen molar-refractivity contribution in [3.8, 4) is 56.4 Å². The maximum Gasteiger partial charge on any atom is 0.164 e. The second kappa shape index (κ2) is 13.0. The van der Waals surface area contributed by atoms with Crippen LogP contribution in [-0.2, 0) is 0 Å². The van der Waals surface area contributed by atoms with Crippen LogP contribution in [0.15, 0.2) is 138 Å². The molecule has 0 spiro atoms. The van der Waals surface area contributed by atoms with Gasteiger partial charge < -0.3 is 4.42 Å².